The van der Waals surface area contributed by atoms with E-state index in [9.17, 15) is 4.79 Å². The third-order valence-corrected chi connectivity index (χ3v) is 4.93. The lowest BCUT2D eigenvalue weighted by atomic mass is 9.95. The lowest BCUT2D eigenvalue weighted by Crippen LogP contribution is -2.11. The van der Waals surface area contributed by atoms with Crippen molar-refractivity contribution in [2.24, 2.45) is 0 Å². The number of pyridine rings is 1. The fraction of sp³-hybridized carbons (Fsp3) is 0.167. The highest BCUT2D eigenvalue weighted by molar-refractivity contribution is 6.10. The molecule has 2 aromatic carbocycles. The lowest BCUT2D eigenvalue weighted by molar-refractivity contribution is 0.0521. The van der Waals surface area contributed by atoms with E-state index < -0.39 is 5.97 Å². The van der Waals surface area contributed by atoms with Crippen LogP contribution in [0, 0.1) is 0 Å². The third-order valence-electron chi connectivity index (χ3n) is 4.93. The van der Waals surface area contributed by atoms with Crippen LogP contribution in [-0.2, 0) is 4.74 Å². The number of benzene rings is 2. The van der Waals surface area contributed by atoms with E-state index in [-0.39, 0.29) is 12.3 Å². The first-order valence-electron chi connectivity index (χ1n) is 9.76. The number of ether oxygens (including phenoxy) is 3. The molecule has 0 N–H and O–H groups in total. The lowest BCUT2D eigenvalue weighted by Gasteiger charge is -2.15. The highest BCUT2D eigenvalue weighted by atomic mass is 16.5. The second kappa shape index (κ2) is 8.79. The van der Waals surface area contributed by atoms with E-state index in [1.165, 1.54) is 0 Å². The molecule has 4 aromatic rings. The summed E-state index contributed by atoms with van der Waals surface area (Å²) in [6.45, 7) is 2.01. The van der Waals surface area contributed by atoms with Gasteiger partial charge in [-0.1, -0.05) is 12.1 Å². The quantitative estimate of drug-likeness (QED) is 0.427. The summed E-state index contributed by atoms with van der Waals surface area (Å²) >= 11 is 0. The molecule has 156 valence electrons. The van der Waals surface area contributed by atoms with Crippen LogP contribution < -0.4 is 9.47 Å². The maximum Gasteiger partial charge on any atom is 0.357 e. The molecule has 2 aromatic heterocycles. The summed E-state index contributed by atoms with van der Waals surface area (Å²) in [5.41, 5.74) is 3.11. The summed E-state index contributed by atoms with van der Waals surface area (Å²) in [5.74, 6) is 0.948. The van der Waals surface area contributed by atoms with Gasteiger partial charge in [0.1, 0.15) is 11.5 Å². The zero-order valence-electron chi connectivity index (χ0n) is 17.5. The highest BCUT2D eigenvalue weighted by Crippen LogP contribution is 2.37. The van der Waals surface area contributed by atoms with Gasteiger partial charge in [0.05, 0.1) is 38.9 Å². The molecule has 0 saturated carbocycles. The van der Waals surface area contributed by atoms with Crippen LogP contribution in [-0.4, -0.2) is 42.0 Å². The van der Waals surface area contributed by atoms with E-state index in [0.29, 0.717) is 17.0 Å². The van der Waals surface area contributed by atoms with Crippen molar-refractivity contribution in [1.29, 1.82) is 0 Å². The summed E-state index contributed by atoms with van der Waals surface area (Å²) in [7, 11) is 3.22. The van der Waals surface area contributed by atoms with Crippen molar-refractivity contribution in [2.75, 3.05) is 20.8 Å². The Hall–Kier alpha value is -4.00. The number of nitrogens with zero attached hydrogens (tertiary/aromatic N) is 3. The van der Waals surface area contributed by atoms with Crippen LogP contribution >= 0.6 is 0 Å². The third kappa shape index (κ3) is 3.90. The van der Waals surface area contributed by atoms with Crippen LogP contribution in [0.1, 0.15) is 17.4 Å². The topological polar surface area (TPSA) is 83.4 Å². The second-order valence-electron chi connectivity index (χ2n) is 6.68. The van der Waals surface area contributed by atoms with Crippen LogP contribution in [0.2, 0.25) is 0 Å². The minimum atomic E-state index is -0.498. The number of fused-ring (bicyclic) bond motifs is 1. The number of rotatable bonds is 6. The van der Waals surface area contributed by atoms with Gasteiger partial charge in [-0.25, -0.2) is 9.78 Å². The van der Waals surface area contributed by atoms with Gasteiger partial charge < -0.3 is 14.2 Å². The molecular weight excluding hydrogens is 394 g/mol. The molecule has 7 nitrogen and oxygen atoms in total. The van der Waals surface area contributed by atoms with Gasteiger partial charge in [0.25, 0.3) is 0 Å². The molecule has 0 spiro atoms. The standard InChI is InChI=1S/C24H21N3O4/c1-4-31-24(28)23-21(15-5-9-17(29-2)10-6-15)19-13-25-26-14-20(19)22(27-23)16-7-11-18(30-3)12-8-16/h5-14H,4H2,1-3H3. The molecule has 31 heavy (non-hydrogen) atoms. The number of carbonyl (C=O) groups excluding carboxylic acids is 1. The Bertz CT molecular complexity index is 1220. The van der Waals surface area contributed by atoms with Gasteiger partial charge >= 0.3 is 5.97 Å². The number of aromatic nitrogens is 3. The fourth-order valence-corrected chi connectivity index (χ4v) is 3.43. The van der Waals surface area contributed by atoms with Crippen molar-refractivity contribution in [1.82, 2.24) is 15.2 Å². The largest absolute Gasteiger partial charge is 0.497 e. The SMILES string of the molecule is CCOC(=O)c1nc(-c2ccc(OC)cc2)c2cnncc2c1-c1ccc(OC)cc1. The van der Waals surface area contributed by atoms with E-state index >= 15 is 0 Å². The molecule has 0 amide bonds. The molecular formula is C24H21N3O4. The first kappa shape index (κ1) is 20.3. The molecule has 0 unspecified atom stereocenters. The van der Waals surface area contributed by atoms with E-state index in [1.54, 1.807) is 33.5 Å². The summed E-state index contributed by atoms with van der Waals surface area (Å²) < 4.78 is 15.8. The van der Waals surface area contributed by atoms with E-state index in [1.807, 2.05) is 48.5 Å². The number of carbonyl (C=O) groups is 1. The maximum absolute atomic E-state index is 12.9. The summed E-state index contributed by atoms with van der Waals surface area (Å²) in [4.78, 5) is 17.7. The Morgan fingerprint density at radius 2 is 1.35 bits per heavy atom. The first-order valence-corrected chi connectivity index (χ1v) is 9.76. The van der Waals surface area contributed by atoms with Gasteiger partial charge in [-0.2, -0.15) is 10.2 Å². The predicted molar refractivity (Wildman–Crippen MR) is 117 cm³/mol. The number of methoxy groups -OCH3 is 2. The monoisotopic (exact) mass is 415 g/mol. The van der Waals surface area contributed by atoms with E-state index in [2.05, 4.69) is 10.2 Å². The van der Waals surface area contributed by atoms with Crippen molar-refractivity contribution in [3.8, 4) is 33.9 Å². The van der Waals surface area contributed by atoms with Crippen LogP contribution in [0.5, 0.6) is 11.5 Å². The van der Waals surface area contributed by atoms with Gasteiger partial charge in [-0.15, -0.1) is 0 Å². The van der Waals surface area contributed by atoms with Gasteiger partial charge in [0, 0.05) is 21.9 Å². The zero-order chi connectivity index (χ0) is 21.8. The number of hydrogen-bond donors (Lipinski definition) is 0. The van der Waals surface area contributed by atoms with Crippen LogP contribution in [0.3, 0.4) is 0 Å². The van der Waals surface area contributed by atoms with Gasteiger partial charge in [0.2, 0.25) is 0 Å². The Morgan fingerprint density at radius 3 is 1.90 bits per heavy atom. The molecule has 0 radical (unpaired) electrons. The predicted octanol–water partition coefficient (Wildman–Crippen LogP) is 4.55. The Kier molecular flexibility index (Phi) is 5.75. The second-order valence-corrected chi connectivity index (χ2v) is 6.68. The summed E-state index contributed by atoms with van der Waals surface area (Å²) in [6.07, 6.45) is 3.30. The van der Waals surface area contributed by atoms with Crippen LogP contribution in [0.25, 0.3) is 33.2 Å². The van der Waals surface area contributed by atoms with Crippen molar-refractivity contribution >= 4 is 16.7 Å². The van der Waals surface area contributed by atoms with Gasteiger partial charge in [-0.3, -0.25) is 0 Å². The highest BCUT2D eigenvalue weighted by Gasteiger charge is 2.23. The summed E-state index contributed by atoms with van der Waals surface area (Å²) in [5, 5.41) is 9.65. The van der Waals surface area contributed by atoms with E-state index in [0.717, 1.165) is 27.6 Å². The first-order chi connectivity index (χ1) is 15.2. The minimum absolute atomic E-state index is 0.221. The van der Waals surface area contributed by atoms with Crippen molar-refractivity contribution < 1.29 is 19.0 Å². The fourth-order valence-electron chi connectivity index (χ4n) is 3.43. The molecule has 0 fully saturated rings. The molecule has 0 bridgehead atoms. The van der Waals surface area contributed by atoms with Crippen molar-refractivity contribution in [3.05, 3.63) is 66.6 Å². The minimum Gasteiger partial charge on any atom is -0.497 e. The smallest absolute Gasteiger partial charge is 0.357 e. The molecule has 2 heterocycles. The average molecular weight is 415 g/mol. The Morgan fingerprint density at radius 1 is 0.806 bits per heavy atom. The van der Waals surface area contributed by atoms with Crippen molar-refractivity contribution in [3.63, 3.8) is 0 Å². The molecule has 4 rings (SSSR count). The Balaban J connectivity index is 2.01. The zero-order valence-corrected chi connectivity index (χ0v) is 17.5. The molecule has 0 aliphatic carbocycles. The molecule has 7 heteroatoms. The number of esters is 1. The molecule has 0 aliphatic heterocycles. The maximum atomic E-state index is 12.9. The average Bonchev–Trinajstić information content (AvgIpc) is 2.83. The Labute approximate surface area is 179 Å². The van der Waals surface area contributed by atoms with Gasteiger partial charge in [0.15, 0.2) is 5.69 Å². The number of hydrogen-bond acceptors (Lipinski definition) is 7. The molecule has 0 saturated heterocycles. The van der Waals surface area contributed by atoms with Crippen molar-refractivity contribution in [2.45, 2.75) is 6.92 Å². The van der Waals surface area contributed by atoms with Gasteiger partial charge in [-0.05, 0) is 48.9 Å². The normalized spacial score (nSPS) is 10.7. The van der Waals surface area contributed by atoms with Crippen LogP contribution in [0.4, 0.5) is 0 Å². The summed E-state index contributed by atoms with van der Waals surface area (Å²) in [6, 6.07) is 14.9. The van der Waals surface area contributed by atoms with Crippen LogP contribution in [0.15, 0.2) is 60.9 Å². The van der Waals surface area contributed by atoms with E-state index in [4.69, 9.17) is 19.2 Å². The molecule has 0 aliphatic rings. The molecule has 0 atom stereocenters.